The van der Waals surface area contributed by atoms with Crippen molar-refractivity contribution in [2.75, 3.05) is 18.1 Å². The fraction of sp³-hybridized carbons (Fsp3) is 0.150. The number of rotatable bonds is 4. The lowest BCUT2D eigenvalue weighted by Crippen LogP contribution is -2.34. The highest BCUT2D eigenvalue weighted by Crippen LogP contribution is 2.29. The summed E-state index contributed by atoms with van der Waals surface area (Å²) in [4.78, 5) is 14.9. The molecule has 1 unspecified atom stereocenters. The van der Waals surface area contributed by atoms with Gasteiger partial charge in [0.05, 0.1) is 24.9 Å². The van der Waals surface area contributed by atoms with Crippen LogP contribution < -0.4 is 4.90 Å². The molecule has 0 radical (unpaired) electrons. The van der Waals surface area contributed by atoms with E-state index in [1.807, 2.05) is 59.5 Å². The Kier molecular flexibility index (Phi) is 3.56. The summed E-state index contributed by atoms with van der Waals surface area (Å²) in [5.41, 5.74) is 1.63. The van der Waals surface area contributed by atoms with Gasteiger partial charge in [-0.25, -0.2) is 0 Å². The van der Waals surface area contributed by atoms with Gasteiger partial charge in [0.2, 0.25) is 0 Å². The van der Waals surface area contributed by atoms with Crippen LogP contribution in [0.5, 0.6) is 0 Å². The summed E-state index contributed by atoms with van der Waals surface area (Å²) < 4.78 is 5.36. The van der Waals surface area contributed by atoms with Gasteiger partial charge in [0.1, 0.15) is 0 Å². The van der Waals surface area contributed by atoms with E-state index >= 15 is 0 Å². The molecule has 1 fully saturated rings. The molecule has 1 aliphatic heterocycles. The summed E-state index contributed by atoms with van der Waals surface area (Å²) in [6.07, 6.45) is 0.140. The average molecular weight is 303 g/mol. The van der Waals surface area contributed by atoms with Crippen molar-refractivity contribution in [1.29, 1.82) is 0 Å². The lowest BCUT2D eigenvalue weighted by molar-refractivity contribution is 0.0985. The molecular formula is C20H17NO2. The molecule has 0 aliphatic carbocycles. The third-order valence-corrected chi connectivity index (χ3v) is 4.11. The van der Waals surface area contributed by atoms with Gasteiger partial charge in [-0.3, -0.25) is 4.79 Å². The van der Waals surface area contributed by atoms with E-state index in [2.05, 4.69) is 18.2 Å². The average Bonchev–Trinajstić information content (AvgIpc) is 3.44. The number of ether oxygens (including phenoxy) is 1. The maximum Gasteiger partial charge on any atom is 0.258 e. The monoisotopic (exact) mass is 303 g/mol. The zero-order chi connectivity index (χ0) is 15.6. The molecular weight excluding hydrogens is 286 g/mol. The fourth-order valence-corrected chi connectivity index (χ4v) is 2.85. The molecule has 1 amide bonds. The van der Waals surface area contributed by atoms with Gasteiger partial charge in [-0.05, 0) is 23.6 Å². The number of nitrogens with zero attached hydrogens (tertiary/aromatic N) is 1. The smallest absolute Gasteiger partial charge is 0.258 e. The Morgan fingerprint density at radius 2 is 1.65 bits per heavy atom. The van der Waals surface area contributed by atoms with Gasteiger partial charge >= 0.3 is 0 Å². The molecule has 0 bridgehead atoms. The van der Waals surface area contributed by atoms with Crippen LogP contribution in [-0.4, -0.2) is 25.2 Å². The summed E-state index contributed by atoms with van der Waals surface area (Å²) in [7, 11) is 0. The molecule has 1 atom stereocenters. The van der Waals surface area contributed by atoms with Crippen molar-refractivity contribution >= 4 is 22.4 Å². The van der Waals surface area contributed by atoms with Crippen molar-refractivity contribution in [1.82, 2.24) is 0 Å². The van der Waals surface area contributed by atoms with Gasteiger partial charge in [0, 0.05) is 10.9 Å². The van der Waals surface area contributed by atoms with E-state index in [-0.39, 0.29) is 12.0 Å². The largest absolute Gasteiger partial charge is 0.371 e. The van der Waals surface area contributed by atoms with Gasteiger partial charge in [0.25, 0.3) is 5.91 Å². The van der Waals surface area contributed by atoms with Gasteiger partial charge in [-0.1, -0.05) is 54.6 Å². The normalized spacial score (nSPS) is 16.3. The first kappa shape index (κ1) is 14.0. The molecule has 3 aromatic carbocycles. The number of hydrogen-bond donors (Lipinski definition) is 0. The van der Waals surface area contributed by atoms with Gasteiger partial charge in [0.15, 0.2) is 0 Å². The first-order chi connectivity index (χ1) is 11.3. The molecule has 0 aromatic heterocycles. The number of amides is 1. The second kappa shape index (κ2) is 5.86. The van der Waals surface area contributed by atoms with Crippen LogP contribution in [0.15, 0.2) is 72.8 Å². The van der Waals surface area contributed by atoms with Crippen molar-refractivity contribution in [3.05, 3.63) is 78.4 Å². The van der Waals surface area contributed by atoms with Crippen molar-refractivity contribution in [3.63, 3.8) is 0 Å². The number of anilines is 1. The van der Waals surface area contributed by atoms with Crippen molar-refractivity contribution < 1.29 is 9.53 Å². The van der Waals surface area contributed by atoms with Gasteiger partial charge < -0.3 is 9.64 Å². The number of fused-ring (bicyclic) bond motifs is 1. The van der Waals surface area contributed by atoms with Crippen LogP contribution in [-0.2, 0) is 4.74 Å². The Morgan fingerprint density at radius 3 is 2.43 bits per heavy atom. The van der Waals surface area contributed by atoms with Crippen molar-refractivity contribution in [2.24, 2.45) is 0 Å². The fourth-order valence-electron chi connectivity index (χ4n) is 2.85. The SMILES string of the molecule is O=C(c1ccccc1)N(CC1CO1)c1cccc2ccccc12. The number of benzene rings is 3. The van der Waals surface area contributed by atoms with E-state index in [9.17, 15) is 4.79 Å². The molecule has 114 valence electrons. The van der Waals surface area contributed by atoms with Crippen LogP contribution in [0.1, 0.15) is 10.4 Å². The summed E-state index contributed by atoms with van der Waals surface area (Å²) in [6.45, 7) is 1.31. The Morgan fingerprint density at radius 1 is 0.957 bits per heavy atom. The van der Waals surface area contributed by atoms with Crippen molar-refractivity contribution in [3.8, 4) is 0 Å². The third kappa shape index (κ3) is 2.83. The molecule has 0 spiro atoms. The van der Waals surface area contributed by atoms with Gasteiger partial charge in [-0.15, -0.1) is 0 Å². The lowest BCUT2D eigenvalue weighted by atomic mass is 10.1. The van der Waals surface area contributed by atoms with Crippen LogP contribution in [0.2, 0.25) is 0 Å². The molecule has 3 nitrogen and oxygen atoms in total. The van der Waals surface area contributed by atoms with Gasteiger partial charge in [-0.2, -0.15) is 0 Å². The Balaban J connectivity index is 1.80. The minimum absolute atomic E-state index is 0.0115. The van der Waals surface area contributed by atoms with Crippen LogP contribution >= 0.6 is 0 Å². The molecule has 23 heavy (non-hydrogen) atoms. The maximum absolute atomic E-state index is 13.0. The predicted molar refractivity (Wildman–Crippen MR) is 91.8 cm³/mol. The van der Waals surface area contributed by atoms with Crippen LogP contribution in [0.4, 0.5) is 5.69 Å². The van der Waals surface area contributed by atoms with E-state index in [4.69, 9.17) is 4.74 Å². The van der Waals surface area contributed by atoms with Crippen LogP contribution in [0.25, 0.3) is 10.8 Å². The minimum atomic E-state index is 0.0115. The number of epoxide rings is 1. The highest BCUT2D eigenvalue weighted by Gasteiger charge is 2.30. The van der Waals surface area contributed by atoms with E-state index in [1.54, 1.807) is 0 Å². The first-order valence-electron chi connectivity index (χ1n) is 7.79. The van der Waals surface area contributed by atoms with E-state index in [1.165, 1.54) is 0 Å². The second-order valence-corrected chi connectivity index (χ2v) is 5.74. The van der Waals surface area contributed by atoms with E-state index in [0.717, 1.165) is 23.1 Å². The Labute approximate surface area is 135 Å². The molecule has 1 aliphatic rings. The molecule has 1 heterocycles. The lowest BCUT2D eigenvalue weighted by Gasteiger charge is -2.24. The molecule has 0 N–H and O–H groups in total. The van der Waals surface area contributed by atoms with Crippen molar-refractivity contribution in [2.45, 2.75) is 6.10 Å². The maximum atomic E-state index is 13.0. The topological polar surface area (TPSA) is 32.8 Å². The standard InChI is InChI=1S/C20H17NO2/c22-20(16-8-2-1-3-9-16)21(13-17-14-23-17)19-12-6-10-15-7-4-5-11-18(15)19/h1-12,17H,13-14H2. The zero-order valence-electron chi connectivity index (χ0n) is 12.7. The summed E-state index contributed by atoms with van der Waals surface area (Å²) in [5.74, 6) is 0.0115. The van der Waals surface area contributed by atoms with E-state index < -0.39 is 0 Å². The third-order valence-electron chi connectivity index (χ3n) is 4.11. The number of carbonyl (C=O) groups excluding carboxylic acids is 1. The second-order valence-electron chi connectivity index (χ2n) is 5.74. The summed E-state index contributed by atoms with van der Waals surface area (Å²) in [6, 6.07) is 23.6. The highest BCUT2D eigenvalue weighted by atomic mass is 16.6. The Hall–Kier alpha value is -2.65. The number of carbonyl (C=O) groups is 1. The summed E-state index contributed by atoms with van der Waals surface area (Å²) in [5, 5.41) is 2.22. The number of hydrogen-bond acceptors (Lipinski definition) is 2. The predicted octanol–water partition coefficient (Wildman–Crippen LogP) is 3.89. The summed E-state index contributed by atoms with van der Waals surface area (Å²) >= 11 is 0. The highest BCUT2D eigenvalue weighted by molar-refractivity contribution is 6.10. The molecule has 3 aromatic rings. The molecule has 1 saturated heterocycles. The minimum Gasteiger partial charge on any atom is -0.371 e. The quantitative estimate of drug-likeness (QED) is 0.685. The van der Waals surface area contributed by atoms with Crippen LogP contribution in [0, 0.1) is 0 Å². The zero-order valence-corrected chi connectivity index (χ0v) is 12.7. The first-order valence-corrected chi connectivity index (χ1v) is 7.79. The Bertz CT molecular complexity index is 835. The molecule has 3 heteroatoms. The van der Waals surface area contributed by atoms with Crippen LogP contribution in [0.3, 0.4) is 0 Å². The molecule has 0 saturated carbocycles. The molecule has 4 rings (SSSR count). The van der Waals surface area contributed by atoms with E-state index in [0.29, 0.717) is 12.1 Å².